The topological polar surface area (TPSA) is 44.5 Å². The summed E-state index contributed by atoms with van der Waals surface area (Å²) in [7, 11) is 1.69. The lowest BCUT2D eigenvalue weighted by atomic mass is 9.82. The van der Waals surface area contributed by atoms with Gasteiger partial charge in [0.15, 0.2) is 0 Å². The fourth-order valence-electron chi connectivity index (χ4n) is 3.68. The second-order valence-electron chi connectivity index (χ2n) is 6.54. The second-order valence-corrected chi connectivity index (χ2v) is 6.54. The van der Waals surface area contributed by atoms with Crippen molar-refractivity contribution in [2.75, 3.05) is 7.11 Å². The maximum Gasteiger partial charge on any atom is 0.125 e. The van der Waals surface area contributed by atoms with Gasteiger partial charge in [-0.25, -0.2) is 0 Å². The first-order valence-electron chi connectivity index (χ1n) is 7.74. The lowest BCUT2D eigenvalue weighted by Gasteiger charge is -2.41. The molecule has 3 atom stereocenters. The van der Waals surface area contributed by atoms with E-state index >= 15 is 0 Å². The van der Waals surface area contributed by atoms with Crippen molar-refractivity contribution >= 4 is 0 Å². The minimum atomic E-state index is -0.0359. The van der Waals surface area contributed by atoms with Crippen LogP contribution in [0.1, 0.15) is 57.1 Å². The highest BCUT2D eigenvalue weighted by atomic mass is 16.5. The number of benzene rings is 1. The van der Waals surface area contributed by atoms with Gasteiger partial charge >= 0.3 is 0 Å². The molecule has 0 saturated heterocycles. The second kappa shape index (κ2) is 5.28. The summed E-state index contributed by atoms with van der Waals surface area (Å²) in [4.78, 5) is 0. The molecule has 2 aliphatic rings. The van der Waals surface area contributed by atoms with Crippen molar-refractivity contribution in [2.24, 2.45) is 11.7 Å². The van der Waals surface area contributed by atoms with E-state index in [-0.39, 0.29) is 11.6 Å². The molecule has 3 heteroatoms. The molecule has 1 aliphatic carbocycles. The summed E-state index contributed by atoms with van der Waals surface area (Å²) in [6.07, 6.45) is 7.01. The molecule has 1 aromatic rings. The fourth-order valence-corrected chi connectivity index (χ4v) is 3.68. The van der Waals surface area contributed by atoms with Gasteiger partial charge in [-0.15, -0.1) is 0 Å². The van der Waals surface area contributed by atoms with E-state index in [1.807, 2.05) is 18.2 Å². The number of hydrogen-bond donors (Lipinski definition) is 1. The molecule has 1 fully saturated rings. The van der Waals surface area contributed by atoms with Gasteiger partial charge < -0.3 is 15.2 Å². The maximum atomic E-state index is 6.43. The quantitative estimate of drug-likeness (QED) is 0.847. The number of rotatable bonds is 1. The zero-order valence-corrected chi connectivity index (χ0v) is 12.5. The zero-order chi connectivity index (χ0) is 14.2. The van der Waals surface area contributed by atoms with Gasteiger partial charge in [-0.3, -0.25) is 0 Å². The van der Waals surface area contributed by atoms with Gasteiger partial charge in [-0.05, 0) is 49.8 Å². The van der Waals surface area contributed by atoms with Crippen LogP contribution in [-0.4, -0.2) is 12.7 Å². The Balaban J connectivity index is 1.88. The Morgan fingerprint density at radius 2 is 2.15 bits per heavy atom. The molecule has 110 valence electrons. The van der Waals surface area contributed by atoms with Crippen LogP contribution < -0.4 is 15.2 Å². The number of methoxy groups -OCH3 is 1. The molecule has 1 saturated carbocycles. The van der Waals surface area contributed by atoms with Crippen LogP contribution in [-0.2, 0) is 0 Å². The van der Waals surface area contributed by atoms with Gasteiger partial charge in [0, 0.05) is 18.0 Å². The molecule has 1 heterocycles. The van der Waals surface area contributed by atoms with Gasteiger partial charge in [0.05, 0.1) is 7.11 Å². The van der Waals surface area contributed by atoms with E-state index in [0.29, 0.717) is 0 Å². The Kier molecular flexibility index (Phi) is 3.63. The number of fused-ring (bicyclic) bond motifs is 1. The highest BCUT2D eigenvalue weighted by Crippen LogP contribution is 2.46. The van der Waals surface area contributed by atoms with E-state index < -0.39 is 0 Å². The van der Waals surface area contributed by atoms with Crippen LogP contribution in [0.25, 0.3) is 0 Å². The molecular formula is C17H25NO2. The third kappa shape index (κ3) is 2.51. The predicted octanol–water partition coefficient (Wildman–Crippen LogP) is 3.82. The molecule has 0 aromatic heterocycles. The third-order valence-corrected chi connectivity index (χ3v) is 4.96. The standard InChI is InChI=1S/C17H25NO2/c1-12-4-3-8-17(9-7-12)11-15(18)14-10-13(19-2)5-6-16(14)20-17/h5-6,10,12,15H,3-4,7-9,11,18H2,1-2H3/t12?,15-,17?/m0/s1. The minimum absolute atomic E-state index is 0.0359. The Hall–Kier alpha value is -1.22. The van der Waals surface area contributed by atoms with Crippen molar-refractivity contribution in [3.8, 4) is 11.5 Å². The zero-order valence-electron chi connectivity index (χ0n) is 12.5. The first kappa shape index (κ1) is 13.7. The molecule has 3 rings (SSSR count). The molecule has 0 bridgehead atoms. The van der Waals surface area contributed by atoms with Gasteiger partial charge in [0.2, 0.25) is 0 Å². The van der Waals surface area contributed by atoms with Gasteiger partial charge in [-0.2, -0.15) is 0 Å². The van der Waals surface area contributed by atoms with Crippen LogP contribution >= 0.6 is 0 Å². The lowest BCUT2D eigenvalue weighted by Crippen LogP contribution is -2.42. The van der Waals surface area contributed by atoms with Crippen LogP contribution in [0.3, 0.4) is 0 Å². The smallest absolute Gasteiger partial charge is 0.125 e. The first-order valence-corrected chi connectivity index (χ1v) is 7.74. The summed E-state index contributed by atoms with van der Waals surface area (Å²) in [5.74, 6) is 2.62. The summed E-state index contributed by atoms with van der Waals surface area (Å²) < 4.78 is 11.7. The summed E-state index contributed by atoms with van der Waals surface area (Å²) in [6.45, 7) is 2.35. The molecular weight excluding hydrogens is 250 g/mol. The molecule has 0 amide bonds. The van der Waals surface area contributed by atoms with Gasteiger partial charge in [-0.1, -0.05) is 13.3 Å². The van der Waals surface area contributed by atoms with Crippen molar-refractivity contribution in [3.63, 3.8) is 0 Å². The SMILES string of the molecule is COc1ccc2c(c1)[C@@H](N)CC1(CCCC(C)CC1)O2. The molecule has 3 nitrogen and oxygen atoms in total. The Bertz CT molecular complexity index is 488. The minimum Gasteiger partial charge on any atom is -0.497 e. The van der Waals surface area contributed by atoms with Crippen molar-refractivity contribution in [2.45, 2.75) is 57.1 Å². The summed E-state index contributed by atoms with van der Waals surface area (Å²) in [6, 6.07) is 6.06. The largest absolute Gasteiger partial charge is 0.497 e. The average Bonchev–Trinajstić information content (AvgIpc) is 2.61. The maximum absolute atomic E-state index is 6.43. The normalized spacial score (nSPS) is 33.1. The van der Waals surface area contributed by atoms with Crippen LogP contribution in [0.5, 0.6) is 11.5 Å². The molecule has 1 aromatic carbocycles. The van der Waals surface area contributed by atoms with E-state index in [9.17, 15) is 0 Å². The van der Waals surface area contributed by atoms with Crippen LogP contribution in [0.4, 0.5) is 0 Å². The Morgan fingerprint density at radius 1 is 1.30 bits per heavy atom. The summed E-state index contributed by atoms with van der Waals surface area (Å²) in [5, 5.41) is 0. The molecule has 2 N–H and O–H groups in total. The van der Waals surface area contributed by atoms with Crippen molar-refractivity contribution < 1.29 is 9.47 Å². The van der Waals surface area contributed by atoms with Gasteiger partial charge in [0.25, 0.3) is 0 Å². The highest BCUT2D eigenvalue weighted by Gasteiger charge is 2.40. The van der Waals surface area contributed by atoms with E-state index in [4.69, 9.17) is 15.2 Å². The van der Waals surface area contributed by atoms with Crippen LogP contribution in [0, 0.1) is 5.92 Å². The van der Waals surface area contributed by atoms with Crippen molar-refractivity contribution in [1.29, 1.82) is 0 Å². The van der Waals surface area contributed by atoms with Crippen molar-refractivity contribution in [1.82, 2.24) is 0 Å². The number of hydrogen-bond acceptors (Lipinski definition) is 3. The molecule has 20 heavy (non-hydrogen) atoms. The Morgan fingerprint density at radius 3 is 2.95 bits per heavy atom. The van der Waals surface area contributed by atoms with Crippen LogP contribution in [0.2, 0.25) is 0 Å². The third-order valence-electron chi connectivity index (χ3n) is 4.96. The molecule has 1 spiro atoms. The number of nitrogens with two attached hydrogens (primary N) is 1. The highest BCUT2D eigenvalue weighted by molar-refractivity contribution is 5.44. The summed E-state index contributed by atoms with van der Waals surface area (Å²) in [5.41, 5.74) is 7.48. The molecule has 1 aliphatic heterocycles. The van der Waals surface area contributed by atoms with E-state index in [1.54, 1.807) is 7.11 Å². The first-order chi connectivity index (χ1) is 9.62. The van der Waals surface area contributed by atoms with Crippen LogP contribution in [0.15, 0.2) is 18.2 Å². The van der Waals surface area contributed by atoms with Crippen molar-refractivity contribution in [3.05, 3.63) is 23.8 Å². The monoisotopic (exact) mass is 275 g/mol. The van der Waals surface area contributed by atoms with E-state index in [0.717, 1.165) is 42.2 Å². The number of ether oxygens (including phenoxy) is 2. The fraction of sp³-hybridized carbons (Fsp3) is 0.647. The van der Waals surface area contributed by atoms with E-state index in [1.165, 1.54) is 19.3 Å². The Labute approximate surface area is 121 Å². The average molecular weight is 275 g/mol. The lowest BCUT2D eigenvalue weighted by molar-refractivity contribution is 0.0204. The van der Waals surface area contributed by atoms with E-state index in [2.05, 4.69) is 6.92 Å². The van der Waals surface area contributed by atoms with Gasteiger partial charge in [0.1, 0.15) is 17.1 Å². The predicted molar refractivity (Wildman–Crippen MR) is 80.1 cm³/mol. The summed E-state index contributed by atoms with van der Waals surface area (Å²) >= 11 is 0. The molecule has 2 unspecified atom stereocenters. The molecule has 0 radical (unpaired) electrons.